The number of hydrogen-bond acceptors (Lipinski definition) is 2. The lowest BCUT2D eigenvalue weighted by Crippen LogP contribution is -2.37. The molecule has 1 aliphatic heterocycles. The van der Waals surface area contributed by atoms with Crippen molar-refractivity contribution < 1.29 is 9.59 Å². The second-order valence-electron chi connectivity index (χ2n) is 6.29. The Kier molecular flexibility index (Phi) is 4.94. The van der Waals surface area contributed by atoms with Gasteiger partial charge in [0, 0.05) is 25.1 Å². The third kappa shape index (κ3) is 4.02. The average molecular weight is 322 g/mol. The summed E-state index contributed by atoms with van der Waals surface area (Å²) >= 11 is 0. The summed E-state index contributed by atoms with van der Waals surface area (Å²) in [5, 5.41) is 2.99. The molecule has 0 bridgehead atoms. The third-order valence-electron chi connectivity index (χ3n) is 4.32. The van der Waals surface area contributed by atoms with Crippen LogP contribution < -0.4 is 10.2 Å². The van der Waals surface area contributed by atoms with E-state index in [2.05, 4.69) is 5.32 Å². The van der Waals surface area contributed by atoms with Crippen molar-refractivity contribution in [3.8, 4) is 0 Å². The van der Waals surface area contributed by atoms with E-state index in [1.165, 1.54) is 0 Å². The van der Waals surface area contributed by atoms with Crippen LogP contribution in [0.15, 0.2) is 54.6 Å². The van der Waals surface area contributed by atoms with Gasteiger partial charge < -0.3 is 10.2 Å². The zero-order valence-electron chi connectivity index (χ0n) is 13.9. The van der Waals surface area contributed by atoms with Gasteiger partial charge in [-0.1, -0.05) is 48.0 Å². The number of amides is 2. The average Bonchev–Trinajstić information content (AvgIpc) is 2.95. The molecule has 124 valence electrons. The molecule has 2 aromatic rings. The number of nitrogens with one attached hydrogen (secondary N) is 1. The zero-order valence-corrected chi connectivity index (χ0v) is 13.9. The number of anilines is 1. The summed E-state index contributed by atoms with van der Waals surface area (Å²) in [7, 11) is 0. The van der Waals surface area contributed by atoms with Crippen LogP contribution in [0.4, 0.5) is 5.69 Å². The molecule has 1 fully saturated rings. The van der Waals surface area contributed by atoms with Gasteiger partial charge in [-0.3, -0.25) is 9.59 Å². The lowest BCUT2D eigenvalue weighted by atomic mass is 10.1. The Morgan fingerprint density at radius 3 is 2.54 bits per heavy atom. The molecular weight excluding hydrogens is 300 g/mol. The van der Waals surface area contributed by atoms with Crippen molar-refractivity contribution in [2.45, 2.75) is 32.2 Å². The van der Waals surface area contributed by atoms with Crippen molar-refractivity contribution in [1.82, 2.24) is 5.32 Å². The van der Waals surface area contributed by atoms with Crippen LogP contribution >= 0.6 is 0 Å². The first-order valence-corrected chi connectivity index (χ1v) is 8.32. The monoisotopic (exact) mass is 322 g/mol. The van der Waals surface area contributed by atoms with E-state index in [9.17, 15) is 9.59 Å². The van der Waals surface area contributed by atoms with E-state index in [0.29, 0.717) is 19.4 Å². The van der Waals surface area contributed by atoms with Crippen molar-refractivity contribution in [2.24, 2.45) is 0 Å². The van der Waals surface area contributed by atoms with E-state index in [1.807, 2.05) is 61.5 Å². The highest BCUT2D eigenvalue weighted by Gasteiger charge is 2.31. The molecule has 3 rings (SSSR count). The van der Waals surface area contributed by atoms with Gasteiger partial charge in [0.2, 0.25) is 11.8 Å². The first kappa shape index (κ1) is 16.2. The SMILES string of the molecule is Cc1ccc(N2C[C@H](NC(=O)CCc3ccccc3)CC2=O)cc1. The standard InChI is InChI=1S/C20H22N2O2/c1-15-7-10-18(11-8-15)22-14-17(13-20(22)24)21-19(23)12-9-16-5-3-2-4-6-16/h2-8,10-11,17H,9,12-14H2,1H3,(H,21,23)/t17-/m1/s1. The molecule has 1 aliphatic rings. The Morgan fingerprint density at radius 1 is 1.12 bits per heavy atom. The quantitative estimate of drug-likeness (QED) is 0.920. The van der Waals surface area contributed by atoms with Gasteiger partial charge in [0.1, 0.15) is 0 Å². The van der Waals surface area contributed by atoms with Crippen LogP contribution in [-0.2, 0) is 16.0 Å². The second-order valence-corrected chi connectivity index (χ2v) is 6.29. The second kappa shape index (κ2) is 7.30. The van der Waals surface area contributed by atoms with Crippen LogP contribution in [0.25, 0.3) is 0 Å². The van der Waals surface area contributed by atoms with Gasteiger partial charge in [0.15, 0.2) is 0 Å². The minimum Gasteiger partial charge on any atom is -0.351 e. The van der Waals surface area contributed by atoms with Gasteiger partial charge in [-0.2, -0.15) is 0 Å². The first-order chi connectivity index (χ1) is 11.6. The van der Waals surface area contributed by atoms with E-state index in [4.69, 9.17) is 0 Å². The summed E-state index contributed by atoms with van der Waals surface area (Å²) in [6.07, 6.45) is 1.53. The predicted octanol–water partition coefficient (Wildman–Crippen LogP) is 2.85. The molecule has 0 saturated carbocycles. The summed E-state index contributed by atoms with van der Waals surface area (Å²) in [5.41, 5.74) is 3.21. The number of hydrogen-bond donors (Lipinski definition) is 1. The molecule has 2 amide bonds. The molecule has 24 heavy (non-hydrogen) atoms. The molecule has 4 nitrogen and oxygen atoms in total. The summed E-state index contributed by atoms with van der Waals surface area (Å²) in [6, 6.07) is 17.7. The van der Waals surface area contributed by atoms with Crippen molar-refractivity contribution in [3.05, 3.63) is 65.7 Å². The Balaban J connectivity index is 1.52. The fourth-order valence-electron chi connectivity index (χ4n) is 2.98. The molecule has 1 heterocycles. The number of nitrogens with zero attached hydrogens (tertiary/aromatic N) is 1. The Morgan fingerprint density at radius 2 is 1.83 bits per heavy atom. The van der Waals surface area contributed by atoms with Crippen LogP contribution in [0.5, 0.6) is 0 Å². The molecule has 1 N–H and O–H groups in total. The van der Waals surface area contributed by atoms with Crippen LogP contribution in [0, 0.1) is 6.92 Å². The van der Waals surface area contributed by atoms with Gasteiger partial charge >= 0.3 is 0 Å². The van der Waals surface area contributed by atoms with Crippen molar-refractivity contribution in [3.63, 3.8) is 0 Å². The topological polar surface area (TPSA) is 49.4 Å². The van der Waals surface area contributed by atoms with Gasteiger partial charge in [0.05, 0.1) is 6.04 Å². The summed E-state index contributed by atoms with van der Waals surface area (Å²) < 4.78 is 0. The Bertz CT molecular complexity index is 710. The molecule has 0 unspecified atom stereocenters. The van der Waals surface area contributed by atoms with E-state index in [1.54, 1.807) is 4.90 Å². The van der Waals surface area contributed by atoms with E-state index < -0.39 is 0 Å². The summed E-state index contributed by atoms with van der Waals surface area (Å²) in [4.78, 5) is 26.1. The molecule has 0 radical (unpaired) electrons. The first-order valence-electron chi connectivity index (χ1n) is 8.32. The van der Waals surface area contributed by atoms with Crippen molar-refractivity contribution >= 4 is 17.5 Å². The number of aryl methyl sites for hydroxylation is 2. The van der Waals surface area contributed by atoms with Crippen molar-refractivity contribution in [2.75, 3.05) is 11.4 Å². The zero-order chi connectivity index (χ0) is 16.9. The number of rotatable bonds is 5. The van der Waals surface area contributed by atoms with Crippen LogP contribution in [0.1, 0.15) is 24.0 Å². The van der Waals surface area contributed by atoms with Gasteiger partial charge in [-0.25, -0.2) is 0 Å². The van der Waals surface area contributed by atoms with Crippen LogP contribution in [0.2, 0.25) is 0 Å². The maximum atomic E-state index is 12.2. The van der Waals surface area contributed by atoms with E-state index in [-0.39, 0.29) is 17.9 Å². The van der Waals surface area contributed by atoms with Crippen LogP contribution in [0.3, 0.4) is 0 Å². The molecule has 0 aromatic heterocycles. The molecule has 0 aliphatic carbocycles. The Hall–Kier alpha value is -2.62. The summed E-state index contributed by atoms with van der Waals surface area (Å²) in [5.74, 6) is 0.0645. The highest BCUT2D eigenvalue weighted by Crippen LogP contribution is 2.22. The van der Waals surface area contributed by atoms with Crippen LogP contribution in [-0.4, -0.2) is 24.4 Å². The number of carbonyl (C=O) groups excluding carboxylic acids is 2. The predicted molar refractivity (Wildman–Crippen MR) is 94.8 cm³/mol. The minimum atomic E-state index is -0.109. The highest BCUT2D eigenvalue weighted by atomic mass is 16.2. The third-order valence-corrected chi connectivity index (χ3v) is 4.32. The van der Waals surface area contributed by atoms with Gasteiger partial charge in [-0.15, -0.1) is 0 Å². The maximum absolute atomic E-state index is 12.2. The molecular formula is C20H22N2O2. The highest BCUT2D eigenvalue weighted by molar-refractivity contribution is 5.96. The fraction of sp³-hybridized carbons (Fsp3) is 0.300. The smallest absolute Gasteiger partial charge is 0.229 e. The summed E-state index contributed by atoms with van der Waals surface area (Å²) in [6.45, 7) is 2.56. The van der Waals surface area contributed by atoms with Gasteiger partial charge in [0.25, 0.3) is 0 Å². The molecule has 0 spiro atoms. The normalized spacial score (nSPS) is 17.1. The molecule has 2 aromatic carbocycles. The van der Waals surface area contributed by atoms with E-state index in [0.717, 1.165) is 23.2 Å². The van der Waals surface area contributed by atoms with Crippen molar-refractivity contribution in [1.29, 1.82) is 0 Å². The minimum absolute atomic E-state index is 0.00223. The lowest BCUT2D eigenvalue weighted by molar-refractivity contribution is -0.121. The Labute approximate surface area is 142 Å². The largest absolute Gasteiger partial charge is 0.351 e. The molecule has 1 atom stereocenters. The molecule has 1 saturated heterocycles. The number of carbonyl (C=O) groups is 2. The lowest BCUT2D eigenvalue weighted by Gasteiger charge is -2.17. The maximum Gasteiger partial charge on any atom is 0.229 e. The fourth-order valence-corrected chi connectivity index (χ4v) is 2.98. The van der Waals surface area contributed by atoms with E-state index >= 15 is 0 Å². The van der Waals surface area contributed by atoms with Gasteiger partial charge in [-0.05, 0) is 31.0 Å². The molecule has 4 heteroatoms. The number of benzene rings is 2.